The van der Waals surface area contributed by atoms with Gasteiger partial charge < -0.3 is 9.64 Å². The first-order valence-corrected chi connectivity index (χ1v) is 8.40. The number of carbonyl (C=O) groups excluding carboxylic acids is 1. The number of nitrogens with zero attached hydrogens (tertiary/aromatic N) is 1. The molecule has 1 aromatic carbocycles. The Morgan fingerprint density at radius 3 is 2.39 bits per heavy atom. The van der Waals surface area contributed by atoms with Crippen LogP contribution in [0.2, 0.25) is 0 Å². The second-order valence-electron chi connectivity index (χ2n) is 6.38. The molecule has 0 saturated heterocycles. The third-order valence-electron chi connectivity index (χ3n) is 3.82. The molecule has 1 aliphatic rings. The number of alkyl halides is 3. The number of benzene rings is 1. The van der Waals surface area contributed by atoms with E-state index >= 15 is 0 Å². The molecule has 126 valence electrons. The Morgan fingerprint density at radius 1 is 1.26 bits per heavy atom. The van der Waals surface area contributed by atoms with Gasteiger partial charge >= 0.3 is 5.97 Å². The Hall–Kier alpha value is -0.900. The average molecular weight is 377 g/mol. The SMILES string of the molecule is CC(=O)O[C@@H](N1c2cc(C)ccc2C(C)=CC1(C)C)C(Cl)(Cl)Cl. The van der Waals surface area contributed by atoms with E-state index in [-0.39, 0.29) is 0 Å². The highest BCUT2D eigenvalue weighted by Gasteiger charge is 2.47. The van der Waals surface area contributed by atoms with Gasteiger partial charge in [-0.3, -0.25) is 4.79 Å². The average Bonchev–Trinajstić information content (AvgIpc) is 2.34. The van der Waals surface area contributed by atoms with Crippen LogP contribution in [0.25, 0.3) is 5.57 Å². The number of rotatable bonds is 2. The van der Waals surface area contributed by atoms with E-state index in [1.54, 1.807) is 0 Å². The minimum Gasteiger partial charge on any atom is -0.437 e. The van der Waals surface area contributed by atoms with Crippen LogP contribution >= 0.6 is 34.8 Å². The minimum atomic E-state index is -1.79. The Bertz CT molecular complexity index is 662. The van der Waals surface area contributed by atoms with Crippen molar-refractivity contribution in [3.63, 3.8) is 0 Å². The maximum absolute atomic E-state index is 11.6. The van der Waals surface area contributed by atoms with Crippen LogP contribution in [0.15, 0.2) is 24.3 Å². The molecule has 0 fully saturated rings. The number of anilines is 1. The number of hydrogen-bond donors (Lipinski definition) is 0. The zero-order valence-electron chi connectivity index (χ0n) is 13.8. The first kappa shape index (κ1) is 18.4. The number of aryl methyl sites for hydroxylation is 1. The number of halogens is 3. The fraction of sp³-hybridized carbons (Fsp3) is 0.471. The van der Waals surface area contributed by atoms with Crippen LogP contribution in [0.3, 0.4) is 0 Å². The summed E-state index contributed by atoms with van der Waals surface area (Å²) < 4.78 is 3.60. The maximum Gasteiger partial charge on any atom is 0.304 e. The van der Waals surface area contributed by atoms with E-state index in [4.69, 9.17) is 39.5 Å². The van der Waals surface area contributed by atoms with Crippen molar-refractivity contribution >= 4 is 52.0 Å². The summed E-state index contributed by atoms with van der Waals surface area (Å²) in [6.07, 6.45) is 1.04. The zero-order chi connectivity index (χ0) is 17.6. The highest BCUT2D eigenvalue weighted by molar-refractivity contribution is 6.68. The van der Waals surface area contributed by atoms with E-state index in [0.29, 0.717) is 0 Å². The number of allylic oxidation sites excluding steroid dienone is 1. The van der Waals surface area contributed by atoms with E-state index < -0.39 is 21.5 Å². The molecule has 0 unspecified atom stereocenters. The zero-order valence-corrected chi connectivity index (χ0v) is 16.1. The standard InChI is InChI=1S/C17H20Cl3NO2/c1-10-6-7-13-11(2)9-16(4,5)21(14(13)8-10)15(17(18,19)20)23-12(3)22/h6-9,15H,1-5H3/t15-/m1/s1. The van der Waals surface area contributed by atoms with Gasteiger partial charge in [-0.1, -0.05) is 53.0 Å². The Kier molecular flexibility index (Phi) is 4.97. The second-order valence-corrected chi connectivity index (χ2v) is 8.74. The summed E-state index contributed by atoms with van der Waals surface area (Å²) >= 11 is 18.4. The molecule has 2 rings (SSSR count). The predicted molar refractivity (Wildman–Crippen MR) is 97.2 cm³/mol. The highest BCUT2D eigenvalue weighted by atomic mass is 35.6. The molecule has 0 bridgehead atoms. The summed E-state index contributed by atoms with van der Waals surface area (Å²) in [5.41, 5.74) is 3.63. The van der Waals surface area contributed by atoms with E-state index in [2.05, 4.69) is 6.08 Å². The fourth-order valence-electron chi connectivity index (χ4n) is 3.01. The number of esters is 1. The summed E-state index contributed by atoms with van der Waals surface area (Å²) in [5.74, 6) is -0.502. The molecule has 1 atom stereocenters. The number of carbonyl (C=O) groups is 1. The summed E-state index contributed by atoms with van der Waals surface area (Å²) in [6, 6.07) is 6.07. The topological polar surface area (TPSA) is 29.5 Å². The lowest BCUT2D eigenvalue weighted by Gasteiger charge is -2.48. The van der Waals surface area contributed by atoms with Gasteiger partial charge in [-0.2, -0.15) is 0 Å². The molecule has 1 heterocycles. The summed E-state index contributed by atoms with van der Waals surface area (Å²) in [7, 11) is 0. The summed E-state index contributed by atoms with van der Waals surface area (Å²) in [5, 5.41) is 0. The number of fused-ring (bicyclic) bond motifs is 1. The number of hydrogen-bond acceptors (Lipinski definition) is 3. The van der Waals surface area contributed by atoms with E-state index in [0.717, 1.165) is 22.4 Å². The van der Waals surface area contributed by atoms with Gasteiger partial charge in [-0.15, -0.1) is 0 Å². The van der Waals surface area contributed by atoms with Gasteiger partial charge in [0.1, 0.15) is 0 Å². The van der Waals surface area contributed by atoms with Gasteiger partial charge in [0.05, 0.1) is 5.54 Å². The van der Waals surface area contributed by atoms with Crippen LogP contribution in [-0.4, -0.2) is 21.5 Å². The normalized spacial score (nSPS) is 18.1. The molecule has 0 radical (unpaired) electrons. The van der Waals surface area contributed by atoms with Crippen LogP contribution in [0.4, 0.5) is 5.69 Å². The lowest BCUT2D eigenvalue weighted by Crippen LogP contribution is -2.57. The van der Waals surface area contributed by atoms with Gasteiger partial charge in [0.2, 0.25) is 10.0 Å². The van der Waals surface area contributed by atoms with Crippen LogP contribution < -0.4 is 4.90 Å². The largest absolute Gasteiger partial charge is 0.437 e. The van der Waals surface area contributed by atoms with Gasteiger partial charge in [-0.25, -0.2) is 0 Å². The van der Waals surface area contributed by atoms with Gasteiger partial charge in [-0.05, 0) is 44.9 Å². The van der Waals surface area contributed by atoms with Crippen LogP contribution in [0.1, 0.15) is 38.8 Å². The third kappa shape index (κ3) is 3.78. The van der Waals surface area contributed by atoms with Crippen molar-refractivity contribution in [2.75, 3.05) is 4.90 Å². The molecular weight excluding hydrogens is 357 g/mol. The van der Waals surface area contributed by atoms with Crippen molar-refractivity contribution in [2.45, 2.75) is 50.2 Å². The summed E-state index contributed by atoms with van der Waals surface area (Å²) in [6.45, 7) is 9.33. The molecule has 1 aromatic rings. The van der Waals surface area contributed by atoms with Crippen LogP contribution in [0.5, 0.6) is 0 Å². The quantitative estimate of drug-likeness (QED) is 0.521. The van der Waals surface area contributed by atoms with Crippen LogP contribution in [0, 0.1) is 6.92 Å². The third-order valence-corrected chi connectivity index (χ3v) is 4.38. The van der Waals surface area contributed by atoms with E-state index in [1.165, 1.54) is 6.92 Å². The van der Waals surface area contributed by atoms with Crippen LogP contribution in [-0.2, 0) is 9.53 Å². The van der Waals surface area contributed by atoms with Gasteiger partial charge in [0, 0.05) is 18.2 Å². The second kappa shape index (κ2) is 6.19. The molecule has 1 aliphatic heterocycles. The van der Waals surface area contributed by atoms with Crippen molar-refractivity contribution in [3.8, 4) is 0 Å². The van der Waals surface area contributed by atoms with Crippen molar-refractivity contribution in [3.05, 3.63) is 35.4 Å². The fourth-order valence-corrected chi connectivity index (χ4v) is 3.44. The van der Waals surface area contributed by atoms with Crippen molar-refractivity contribution < 1.29 is 9.53 Å². The molecule has 6 heteroatoms. The molecule has 0 aliphatic carbocycles. The molecule has 0 aromatic heterocycles. The predicted octanol–water partition coefficient (Wildman–Crippen LogP) is 5.26. The molecular formula is C17H20Cl3NO2. The Labute approximate surface area is 152 Å². The first-order chi connectivity index (χ1) is 10.4. The van der Waals surface area contributed by atoms with E-state index in [1.807, 2.05) is 50.8 Å². The minimum absolute atomic E-state index is 0.491. The van der Waals surface area contributed by atoms with Gasteiger partial charge in [0.15, 0.2) is 0 Å². The monoisotopic (exact) mass is 375 g/mol. The van der Waals surface area contributed by atoms with E-state index in [9.17, 15) is 4.79 Å². The lowest BCUT2D eigenvalue weighted by molar-refractivity contribution is -0.146. The van der Waals surface area contributed by atoms with Crippen molar-refractivity contribution in [2.24, 2.45) is 0 Å². The Balaban J connectivity index is 2.67. The first-order valence-electron chi connectivity index (χ1n) is 7.27. The molecule has 0 spiro atoms. The molecule has 3 nitrogen and oxygen atoms in total. The maximum atomic E-state index is 11.6. The molecule has 0 amide bonds. The molecule has 0 N–H and O–H groups in total. The molecule has 0 saturated carbocycles. The van der Waals surface area contributed by atoms with Crippen molar-refractivity contribution in [1.29, 1.82) is 0 Å². The smallest absolute Gasteiger partial charge is 0.304 e. The summed E-state index contributed by atoms with van der Waals surface area (Å²) in [4.78, 5) is 13.4. The van der Waals surface area contributed by atoms with Crippen molar-refractivity contribution in [1.82, 2.24) is 0 Å². The Morgan fingerprint density at radius 2 is 1.87 bits per heavy atom. The lowest BCUT2D eigenvalue weighted by atomic mass is 9.88. The highest BCUT2D eigenvalue weighted by Crippen LogP contribution is 2.45. The molecule has 23 heavy (non-hydrogen) atoms. The van der Waals surface area contributed by atoms with Gasteiger partial charge in [0.25, 0.3) is 0 Å². The number of ether oxygens (including phenoxy) is 1.